The van der Waals surface area contributed by atoms with E-state index in [1.54, 1.807) is 6.07 Å². The highest BCUT2D eigenvalue weighted by atomic mass is 32.1. The molecule has 1 aromatic heterocycles. The Labute approximate surface area is 174 Å². The van der Waals surface area contributed by atoms with Gasteiger partial charge in [-0.25, -0.2) is 0 Å². The summed E-state index contributed by atoms with van der Waals surface area (Å²) < 4.78 is 0. The molecular formula is C24H23NO3S. The molecule has 1 amide bonds. The molecule has 5 heteroatoms. The number of carbonyl (C=O) groups is 3. The molecule has 0 spiro atoms. The number of hydrogen-bond donors (Lipinski definition) is 1. The third-order valence-electron chi connectivity index (χ3n) is 4.56. The van der Waals surface area contributed by atoms with Gasteiger partial charge in [-0.2, -0.15) is 0 Å². The molecule has 0 aliphatic rings. The quantitative estimate of drug-likeness (QED) is 0.466. The van der Waals surface area contributed by atoms with Crippen LogP contribution in [0.1, 0.15) is 40.2 Å². The van der Waals surface area contributed by atoms with Crippen molar-refractivity contribution in [3.63, 3.8) is 0 Å². The van der Waals surface area contributed by atoms with Gasteiger partial charge in [0.2, 0.25) is 5.91 Å². The van der Waals surface area contributed by atoms with Gasteiger partial charge in [0.15, 0.2) is 5.78 Å². The fourth-order valence-corrected chi connectivity index (χ4v) is 3.85. The smallest absolute Gasteiger partial charge is 0.224 e. The van der Waals surface area contributed by atoms with Crippen molar-refractivity contribution >= 4 is 34.5 Å². The Morgan fingerprint density at radius 3 is 2.21 bits per heavy atom. The first-order chi connectivity index (χ1) is 14.0. The minimum atomic E-state index is -0.207. The summed E-state index contributed by atoms with van der Waals surface area (Å²) in [6.45, 7) is 1.95. The first-order valence-corrected chi connectivity index (χ1v) is 10.4. The van der Waals surface area contributed by atoms with Crippen LogP contribution in [0.3, 0.4) is 0 Å². The van der Waals surface area contributed by atoms with Crippen LogP contribution >= 0.6 is 11.3 Å². The van der Waals surface area contributed by atoms with E-state index in [0.717, 1.165) is 21.7 Å². The summed E-state index contributed by atoms with van der Waals surface area (Å²) in [5.41, 5.74) is 2.67. The van der Waals surface area contributed by atoms with Crippen molar-refractivity contribution in [3.8, 4) is 11.1 Å². The van der Waals surface area contributed by atoms with Crippen molar-refractivity contribution in [2.75, 3.05) is 5.32 Å². The van der Waals surface area contributed by atoms with Crippen molar-refractivity contribution in [3.05, 3.63) is 76.5 Å². The Kier molecular flexibility index (Phi) is 7.09. The zero-order chi connectivity index (χ0) is 20.6. The predicted molar refractivity (Wildman–Crippen MR) is 117 cm³/mol. The largest absolute Gasteiger partial charge is 0.326 e. The number of para-hydroxylation sites is 1. The van der Waals surface area contributed by atoms with Gasteiger partial charge in [-0.1, -0.05) is 48.5 Å². The van der Waals surface area contributed by atoms with Crippen molar-refractivity contribution in [1.82, 2.24) is 0 Å². The minimum Gasteiger partial charge on any atom is -0.326 e. The number of thiophene rings is 1. The Morgan fingerprint density at radius 2 is 1.48 bits per heavy atom. The lowest BCUT2D eigenvalue weighted by molar-refractivity contribution is -0.122. The monoisotopic (exact) mass is 405 g/mol. The van der Waals surface area contributed by atoms with E-state index < -0.39 is 0 Å². The van der Waals surface area contributed by atoms with Gasteiger partial charge in [0.25, 0.3) is 0 Å². The van der Waals surface area contributed by atoms with E-state index in [0.29, 0.717) is 4.88 Å². The average molecular weight is 406 g/mol. The van der Waals surface area contributed by atoms with Crippen LogP contribution in [0.15, 0.2) is 66.7 Å². The highest BCUT2D eigenvalue weighted by Gasteiger charge is 2.13. The number of amides is 1. The lowest BCUT2D eigenvalue weighted by Crippen LogP contribution is -2.14. The lowest BCUT2D eigenvalue weighted by atomic mass is 10.0. The molecule has 3 aromatic rings. The van der Waals surface area contributed by atoms with Crippen LogP contribution in [0.2, 0.25) is 0 Å². The van der Waals surface area contributed by atoms with Crippen LogP contribution in [0.5, 0.6) is 0 Å². The van der Waals surface area contributed by atoms with Gasteiger partial charge in [0.1, 0.15) is 5.78 Å². The number of nitrogens with one attached hydrogen (secondary N) is 1. The first kappa shape index (κ1) is 20.7. The zero-order valence-electron chi connectivity index (χ0n) is 16.3. The summed E-state index contributed by atoms with van der Waals surface area (Å²) in [4.78, 5) is 38.3. The molecule has 0 unspecified atom stereocenters. The first-order valence-electron chi connectivity index (χ1n) is 9.58. The van der Waals surface area contributed by atoms with E-state index in [9.17, 15) is 14.4 Å². The van der Waals surface area contributed by atoms with Crippen LogP contribution in [-0.4, -0.2) is 17.5 Å². The minimum absolute atomic E-state index is 0.0160. The molecule has 2 aromatic carbocycles. The van der Waals surface area contributed by atoms with Crippen LogP contribution in [0.25, 0.3) is 11.1 Å². The second-order valence-corrected chi connectivity index (χ2v) is 8.12. The van der Waals surface area contributed by atoms with E-state index in [-0.39, 0.29) is 43.2 Å². The van der Waals surface area contributed by atoms with Gasteiger partial charge < -0.3 is 5.32 Å². The number of benzene rings is 2. The summed E-state index contributed by atoms with van der Waals surface area (Å²) >= 11 is 1.44. The molecule has 148 valence electrons. The third kappa shape index (κ3) is 5.96. The molecule has 0 aliphatic heterocycles. The highest BCUT2D eigenvalue weighted by molar-refractivity contribution is 7.14. The average Bonchev–Trinajstić information content (AvgIpc) is 3.18. The molecule has 0 saturated heterocycles. The van der Waals surface area contributed by atoms with Crippen LogP contribution < -0.4 is 5.32 Å². The topological polar surface area (TPSA) is 63.2 Å². The molecule has 0 fully saturated rings. The van der Waals surface area contributed by atoms with Gasteiger partial charge in [-0.15, -0.1) is 11.3 Å². The summed E-state index contributed by atoms with van der Waals surface area (Å²) in [6, 6.07) is 21.1. The highest BCUT2D eigenvalue weighted by Crippen LogP contribution is 2.27. The van der Waals surface area contributed by atoms with E-state index in [4.69, 9.17) is 0 Å². The van der Waals surface area contributed by atoms with Gasteiger partial charge in [-0.05, 0) is 30.7 Å². The SMILES string of the molecule is Cc1ccc(C(=O)CCC(=O)CCC(=O)Nc2ccccc2-c2ccccc2)s1. The number of ketones is 2. The molecule has 0 aliphatic carbocycles. The Balaban J connectivity index is 1.49. The van der Waals surface area contributed by atoms with Crippen LogP contribution in [0, 0.1) is 6.92 Å². The molecular weight excluding hydrogens is 382 g/mol. The fourth-order valence-electron chi connectivity index (χ4n) is 3.01. The van der Waals surface area contributed by atoms with Gasteiger partial charge >= 0.3 is 0 Å². The number of aryl methyl sites for hydroxylation is 1. The standard InChI is InChI=1S/C24H23NO3S/c1-17-11-15-23(29-17)22(27)14-12-19(26)13-16-24(28)25-21-10-6-5-9-20(21)18-7-3-2-4-8-18/h2-11,15H,12-14,16H2,1H3,(H,25,28). The Morgan fingerprint density at radius 1 is 0.793 bits per heavy atom. The van der Waals surface area contributed by atoms with Gasteiger partial charge in [-0.3, -0.25) is 14.4 Å². The predicted octanol–water partition coefficient (Wildman–Crippen LogP) is 5.67. The van der Waals surface area contributed by atoms with E-state index in [1.165, 1.54) is 11.3 Å². The molecule has 3 rings (SSSR count). The second-order valence-electron chi connectivity index (χ2n) is 6.83. The molecule has 29 heavy (non-hydrogen) atoms. The van der Waals surface area contributed by atoms with Crippen molar-refractivity contribution in [2.45, 2.75) is 32.6 Å². The summed E-state index contributed by atoms with van der Waals surface area (Å²) in [6.07, 6.45) is 0.602. The van der Waals surface area contributed by atoms with Gasteiger partial charge in [0, 0.05) is 41.8 Å². The Hall–Kier alpha value is -3.05. The molecule has 0 radical (unpaired) electrons. The normalized spacial score (nSPS) is 10.5. The second kappa shape index (κ2) is 9.94. The third-order valence-corrected chi connectivity index (χ3v) is 5.60. The van der Waals surface area contributed by atoms with Crippen molar-refractivity contribution < 1.29 is 14.4 Å². The number of anilines is 1. The fraction of sp³-hybridized carbons (Fsp3) is 0.208. The molecule has 1 heterocycles. The number of rotatable bonds is 9. The lowest BCUT2D eigenvalue weighted by Gasteiger charge is -2.11. The maximum atomic E-state index is 12.3. The van der Waals surface area contributed by atoms with Gasteiger partial charge in [0.05, 0.1) is 4.88 Å². The molecule has 0 atom stereocenters. The molecule has 0 saturated carbocycles. The van der Waals surface area contributed by atoms with E-state index >= 15 is 0 Å². The molecule has 0 bridgehead atoms. The number of hydrogen-bond acceptors (Lipinski definition) is 4. The summed E-state index contributed by atoms with van der Waals surface area (Å²) in [7, 11) is 0. The van der Waals surface area contributed by atoms with Crippen LogP contribution in [0.4, 0.5) is 5.69 Å². The van der Waals surface area contributed by atoms with E-state index in [2.05, 4.69) is 5.32 Å². The number of Topliss-reactive ketones (excluding diaryl/α,β-unsaturated/α-hetero) is 2. The number of carbonyl (C=O) groups excluding carboxylic acids is 3. The maximum Gasteiger partial charge on any atom is 0.224 e. The van der Waals surface area contributed by atoms with Crippen molar-refractivity contribution in [2.24, 2.45) is 0 Å². The summed E-state index contributed by atoms with van der Waals surface area (Å²) in [5, 5.41) is 2.90. The Bertz CT molecular complexity index is 1010. The van der Waals surface area contributed by atoms with Crippen LogP contribution in [-0.2, 0) is 9.59 Å². The zero-order valence-corrected chi connectivity index (χ0v) is 17.1. The molecule has 1 N–H and O–H groups in total. The maximum absolute atomic E-state index is 12.3. The van der Waals surface area contributed by atoms with Crippen molar-refractivity contribution in [1.29, 1.82) is 0 Å². The van der Waals surface area contributed by atoms with E-state index in [1.807, 2.05) is 67.6 Å². The molecule has 4 nitrogen and oxygen atoms in total. The summed E-state index contributed by atoms with van der Waals surface area (Å²) in [5.74, 6) is -0.294.